The summed E-state index contributed by atoms with van der Waals surface area (Å²) in [7, 11) is 0. The first-order chi connectivity index (χ1) is 5.81. The maximum Gasteiger partial charge on any atom is 0.167 e. The molecule has 0 unspecified atom stereocenters. The van der Waals surface area contributed by atoms with Crippen LogP contribution in [0.1, 0.15) is 5.69 Å². The van der Waals surface area contributed by atoms with Crippen LogP contribution in [0.3, 0.4) is 0 Å². The van der Waals surface area contributed by atoms with Crippen molar-refractivity contribution in [3.05, 3.63) is 28.9 Å². The van der Waals surface area contributed by atoms with Crippen LogP contribution in [0, 0.1) is 0 Å². The monoisotopic (exact) mass is 262 g/mol. The van der Waals surface area contributed by atoms with Gasteiger partial charge >= 0.3 is 0 Å². The molecule has 2 N–H and O–H groups in total. The lowest BCUT2D eigenvalue weighted by molar-refractivity contribution is 0.446. The molecule has 2 rings (SSSR count). The molecular weight excluding hydrogens is 255 g/mol. The molecule has 0 aliphatic rings. The predicted octanol–water partition coefficient (Wildman–Crippen LogP) is 2.52. The van der Waals surface area contributed by atoms with Gasteiger partial charge in [0.15, 0.2) is 5.58 Å². The predicted molar refractivity (Wildman–Crippen MR) is 57.2 cm³/mol. The van der Waals surface area contributed by atoms with Gasteiger partial charge < -0.3 is 10.3 Å². The summed E-state index contributed by atoms with van der Waals surface area (Å²) in [6, 6.07) is 5.34. The second kappa shape index (κ2) is 4.09. The third kappa shape index (κ3) is 1.85. The van der Waals surface area contributed by atoms with Crippen molar-refractivity contribution < 1.29 is 4.52 Å². The largest absolute Gasteiger partial charge is 0.356 e. The van der Waals surface area contributed by atoms with Gasteiger partial charge in [-0.3, -0.25) is 0 Å². The van der Waals surface area contributed by atoms with Gasteiger partial charge in [0.2, 0.25) is 0 Å². The van der Waals surface area contributed by atoms with Crippen molar-refractivity contribution in [2.45, 2.75) is 6.54 Å². The van der Waals surface area contributed by atoms with Crippen LogP contribution >= 0.6 is 28.6 Å². The summed E-state index contributed by atoms with van der Waals surface area (Å²) in [6.07, 6.45) is 0. The van der Waals surface area contributed by atoms with Crippen LogP contribution in [-0.2, 0) is 6.54 Å². The van der Waals surface area contributed by atoms with E-state index in [-0.39, 0.29) is 17.0 Å². The Labute approximate surface area is 90.6 Å². The zero-order valence-electron chi connectivity index (χ0n) is 6.66. The highest BCUT2D eigenvalue weighted by atomic mass is 79.9. The van der Waals surface area contributed by atoms with Gasteiger partial charge in [-0.05, 0) is 18.2 Å². The number of halogens is 2. The molecule has 0 saturated heterocycles. The van der Waals surface area contributed by atoms with Gasteiger partial charge in [-0.1, -0.05) is 16.8 Å². The van der Waals surface area contributed by atoms with E-state index in [1.54, 1.807) is 18.2 Å². The fraction of sp³-hybridized carbons (Fsp3) is 0.125. The molecule has 0 saturated carbocycles. The van der Waals surface area contributed by atoms with Gasteiger partial charge in [0.05, 0.1) is 0 Å². The standard InChI is InChI=1S/C8H7ClN2O.BrH/c9-5-1-2-8-6(3-5)7(4-10)11-12-8;/h1-3H,4,10H2;1H. The lowest BCUT2D eigenvalue weighted by Crippen LogP contribution is -1.96. The van der Waals surface area contributed by atoms with Gasteiger partial charge in [-0.15, -0.1) is 17.0 Å². The van der Waals surface area contributed by atoms with E-state index in [4.69, 9.17) is 21.9 Å². The van der Waals surface area contributed by atoms with Gasteiger partial charge in [0.25, 0.3) is 0 Å². The number of rotatable bonds is 1. The third-order valence-corrected chi connectivity index (χ3v) is 1.94. The molecule has 0 amide bonds. The molecule has 2 aromatic rings. The summed E-state index contributed by atoms with van der Waals surface area (Å²) in [5.74, 6) is 0. The lowest BCUT2D eigenvalue weighted by atomic mass is 10.2. The maximum absolute atomic E-state index is 5.79. The molecule has 0 aliphatic carbocycles. The molecule has 1 heterocycles. The van der Waals surface area contributed by atoms with Gasteiger partial charge in [0.1, 0.15) is 5.69 Å². The minimum Gasteiger partial charge on any atom is -0.356 e. The van der Waals surface area contributed by atoms with E-state index in [2.05, 4.69) is 5.16 Å². The van der Waals surface area contributed by atoms with Crippen molar-refractivity contribution in [3.63, 3.8) is 0 Å². The third-order valence-electron chi connectivity index (χ3n) is 1.70. The Hall–Kier alpha value is -0.580. The first-order valence-corrected chi connectivity index (χ1v) is 3.93. The number of hydrogen-bond donors (Lipinski definition) is 1. The fourth-order valence-corrected chi connectivity index (χ4v) is 1.28. The van der Waals surface area contributed by atoms with Crippen LogP contribution in [0.25, 0.3) is 11.0 Å². The molecule has 0 atom stereocenters. The summed E-state index contributed by atoms with van der Waals surface area (Å²) in [5.41, 5.74) is 6.91. The van der Waals surface area contributed by atoms with E-state index in [0.29, 0.717) is 11.6 Å². The van der Waals surface area contributed by atoms with Crippen LogP contribution in [-0.4, -0.2) is 5.16 Å². The number of nitrogens with two attached hydrogens (primary N) is 1. The molecule has 0 bridgehead atoms. The molecule has 0 fully saturated rings. The van der Waals surface area contributed by atoms with Gasteiger partial charge in [0, 0.05) is 17.0 Å². The number of aromatic nitrogens is 1. The Morgan fingerprint density at radius 1 is 1.46 bits per heavy atom. The molecule has 1 aromatic carbocycles. The van der Waals surface area contributed by atoms with E-state index in [1.807, 2.05) is 0 Å². The fourth-order valence-electron chi connectivity index (χ4n) is 1.11. The van der Waals surface area contributed by atoms with Crippen molar-refractivity contribution in [2.24, 2.45) is 5.73 Å². The molecule has 13 heavy (non-hydrogen) atoms. The topological polar surface area (TPSA) is 52.0 Å². The van der Waals surface area contributed by atoms with Crippen molar-refractivity contribution in [1.82, 2.24) is 5.16 Å². The zero-order valence-corrected chi connectivity index (χ0v) is 9.13. The maximum atomic E-state index is 5.79. The molecule has 70 valence electrons. The van der Waals surface area contributed by atoms with Gasteiger partial charge in [-0.25, -0.2) is 0 Å². The quantitative estimate of drug-likeness (QED) is 0.860. The highest BCUT2D eigenvalue weighted by molar-refractivity contribution is 8.93. The van der Waals surface area contributed by atoms with Crippen LogP contribution in [0.15, 0.2) is 22.7 Å². The molecule has 5 heteroatoms. The average molecular weight is 264 g/mol. The minimum absolute atomic E-state index is 0. The second-order valence-corrected chi connectivity index (χ2v) is 2.91. The van der Waals surface area contributed by atoms with Crippen LogP contribution in [0.5, 0.6) is 0 Å². The zero-order chi connectivity index (χ0) is 8.55. The summed E-state index contributed by atoms with van der Waals surface area (Å²) < 4.78 is 5.01. The highest BCUT2D eigenvalue weighted by Crippen LogP contribution is 2.21. The number of nitrogens with zero attached hydrogens (tertiary/aromatic N) is 1. The first-order valence-electron chi connectivity index (χ1n) is 3.55. The molecule has 0 radical (unpaired) electrons. The molecule has 0 aliphatic heterocycles. The van der Waals surface area contributed by atoms with E-state index in [0.717, 1.165) is 16.7 Å². The van der Waals surface area contributed by atoms with Crippen LogP contribution in [0.2, 0.25) is 5.02 Å². The normalized spacial score (nSPS) is 10.0. The molecule has 3 nitrogen and oxygen atoms in total. The Morgan fingerprint density at radius 3 is 2.92 bits per heavy atom. The molecule has 0 spiro atoms. The Bertz CT molecular complexity index is 415. The Kier molecular flexibility index (Phi) is 3.30. The average Bonchev–Trinajstić information content (AvgIpc) is 2.46. The first kappa shape index (κ1) is 10.5. The summed E-state index contributed by atoms with van der Waals surface area (Å²) in [4.78, 5) is 0. The van der Waals surface area contributed by atoms with E-state index in [9.17, 15) is 0 Å². The Morgan fingerprint density at radius 2 is 2.23 bits per heavy atom. The summed E-state index contributed by atoms with van der Waals surface area (Å²) in [6.45, 7) is 0.368. The van der Waals surface area contributed by atoms with E-state index < -0.39 is 0 Å². The number of benzene rings is 1. The number of hydrogen-bond acceptors (Lipinski definition) is 3. The highest BCUT2D eigenvalue weighted by Gasteiger charge is 2.05. The van der Waals surface area contributed by atoms with Crippen molar-refractivity contribution in [3.8, 4) is 0 Å². The molecular formula is C8H8BrClN2O. The summed E-state index contributed by atoms with van der Waals surface area (Å²) in [5, 5.41) is 5.36. The SMILES string of the molecule is Br.NCc1noc2ccc(Cl)cc12. The van der Waals surface area contributed by atoms with E-state index >= 15 is 0 Å². The van der Waals surface area contributed by atoms with Crippen molar-refractivity contribution in [1.29, 1.82) is 0 Å². The summed E-state index contributed by atoms with van der Waals surface area (Å²) >= 11 is 5.79. The van der Waals surface area contributed by atoms with E-state index in [1.165, 1.54) is 0 Å². The van der Waals surface area contributed by atoms with Crippen molar-refractivity contribution >= 4 is 39.6 Å². The number of fused-ring (bicyclic) bond motifs is 1. The lowest BCUT2D eigenvalue weighted by Gasteiger charge is -1.89. The second-order valence-electron chi connectivity index (χ2n) is 2.47. The molecule has 1 aromatic heterocycles. The van der Waals surface area contributed by atoms with Gasteiger partial charge in [-0.2, -0.15) is 0 Å². The van der Waals surface area contributed by atoms with Crippen LogP contribution < -0.4 is 5.73 Å². The van der Waals surface area contributed by atoms with Crippen LogP contribution in [0.4, 0.5) is 0 Å². The van der Waals surface area contributed by atoms with Crippen molar-refractivity contribution in [2.75, 3.05) is 0 Å². The Balaban J connectivity index is 0.000000845. The smallest absolute Gasteiger partial charge is 0.167 e. The minimum atomic E-state index is 0.